The van der Waals surface area contributed by atoms with Crippen LogP contribution in [0.25, 0.3) is 0 Å². The summed E-state index contributed by atoms with van der Waals surface area (Å²) in [5.74, 6) is 0. The zero-order valence-corrected chi connectivity index (χ0v) is 6.75. The van der Waals surface area contributed by atoms with Gasteiger partial charge in [-0.2, -0.15) is 0 Å². The quantitative estimate of drug-likeness (QED) is 0.438. The molecule has 2 heteroatoms. The third kappa shape index (κ3) is 5.53. The van der Waals surface area contributed by atoms with E-state index in [0.717, 1.165) is 0 Å². The Morgan fingerprint density at radius 2 is 1.50 bits per heavy atom. The van der Waals surface area contributed by atoms with Crippen molar-refractivity contribution in [3.63, 3.8) is 0 Å². The van der Waals surface area contributed by atoms with Gasteiger partial charge >= 0.3 is 0 Å². The molecule has 0 saturated heterocycles. The number of benzene rings is 1. The van der Waals surface area contributed by atoms with Gasteiger partial charge in [0.15, 0.2) is 0 Å². The minimum Gasteiger partial charge on any atom is -0.545 e. The van der Waals surface area contributed by atoms with Gasteiger partial charge in [-0.05, 0) is 6.92 Å². The summed E-state index contributed by atoms with van der Waals surface area (Å²) in [6.07, 6.45) is 0. The van der Waals surface area contributed by atoms with Crippen molar-refractivity contribution in [3.05, 3.63) is 35.9 Å². The first-order valence-corrected chi connectivity index (χ1v) is 2.65. The van der Waals surface area contributed by atoms with Crippen LogP contribution in [0.3, 0.4) is 0 Å². The summed E-state index contributed by atoms with van der Waals surface area (Å²) in [5.41, 5.74) is 1.32. The Kier molecular flexibility index (Phi) is 10.2. The maximum Gasteiger partial charge on any atom is 0 e. The summed E-state index contributed by atoms with van der Waals surface area (Å²) >= 11 is 0. The molecule has 0 bridgehead atoms. The fraction of sp³-hybridized carbons (Fsp3) is 0.125. The van der Waals surface area contributed by atoms with Crippen LogP contribution in [0.15, 0.2) is 30.3 Å². The molecule has 0 aliphatic rings. The van der Waals surface area contributed by atoms with Crippen LogP contribution >= 0.6 is 0 Å². The van der Waals surface area contributed by atoms with E-state index in [4.69, 9.17) is 4.79 Å². The molecule has 0 amide bonds. The van der Waals surface area contributed by atoms with Crippen LogP contribution in [-0.2, 0) is 21.6 Å². The fourth-order valence-electron chi connectivity index (χ4n) is 0.534. The van der Waals surface area contributed by atoms with Crippen molar-refractivity contribution in [2.75, 3.05) is 0 Å². The zero-order valence-electron chi connectivity index (χ0n) is 5.71. The average Bonchev–Trinajstić information content (AvgIpc) is 1.94. The van der Waals surface area contributed by atoms with Crippen LogP contribution in [-0.4, -0.2) is 6.79 Å². The second kappa shape index (κ2) is 8.40. The maximum absolute atomic E-state index is 7.75. The van der Waals surface area contributed by atoms with Gasteiger partial charge in [-0.3, -0.25) is 6.79 Å². The summed E-state index contributed by atoms with van der Waals surface area (Å²) in [5, 5.41) is 0. The number of hydrogen-bond acceptors (Lipinski definition) is 1. The molecule has 0 aliphatic carbocycles. The SMILES string of the molecule is Cc1ccccc1.[CH-]=O.[Co]. The summed E-state index contributed by atoms with van der Waals surface area (Å²) in [4.78, 5) is 7.75. The Balaban J connectivity index is 0. The van der Waals surface area contributed by atoms with Crippen LogP contribution in [0.2, 0.25) is 0 Å². The van der Waals surface area contributed by atoms with Crippen molar-refractivity contribution in [1.29, 1.82) is 0 Å². The van der Waals surface area contributed by atoms with Gasteiger partial charge in [0, 0.05) is 16.8 Å². The maximum atomic E-state index is 7.75. The van der Waals surface area contributed by atoms with Gasteiger partial charge < -0.3 is 4.79 Å². The van der Waals surface area contributed by atoms with Crippen molar-refractivity contribution in [2.45, 2.75) is 6.92 Å². The molecule has 0 spiro atoms. The van der Waals surface area contributed by atoms with Crippen LogP contribution in [0, 0.1) is 6.92 Å². The number of hydrogen-bond donors (Lipinski definition) is 0. The molecule has 0 atom stereocenters. The van der Waals surface area contributed by atoms with Gasteiger partial charge in [0.05, 0.1) is 0 Å². The first-order valence-electron chi connectivity index (χ1n) is 2.65. The predicted molar refractivity (Wildman–Crippen MR) is 37.9 cm³/mol. The van der Waals surface area contributed by atoms with Crippen molar-refractivity contribution in [1.82, 2.24) is 0 Å². The monoisotopic (exact) mass is 180 g/mol. The Morgan fingerprint density at radius 1 is 1.10 bits per heavy atom. The molecule has 0 saturated carbocycles. The van der Waals surface area contributed by atoms with E-state index < -0.39 is 0 Å². The van der Waals surface area contributed by atoms with Crippen molar-refractivity contribution < 1.29 is 21.6 Å². The minimum atomic E-state index is 0. The second-order valence-electron chi connectivity index (χ2n) is 1.65. The smallest absolute Gasteiger partial charge is 0 e. The van der Waals surface area contributed by atoms with Crippen LogP contribution in [0.1, 0.15) is 5.56 Å². The van der Waals surface area contributed by atoms with E-state index in [1.807, 2.05) is 18.2 Å². The van der Waals surface area contributed by atoms with Crippen molar-refractivity contribution in [3.8, 4) is 0 Å². The average molecular weight is 180 g/mol. The van der Waals surface area contributed by atoms with E-state index in [1.54, 1.807) is 0 Å². The summed E-state index contributed by atoms with van der Waals surface area (Å²) in [7, 11) is 0. The summed E-state index contributed by atoms with van der Waals surface area (Å²) in [6, 6.07) is 10.3. The Hall–Kier alpha value is -0.604. The fourth-order valence-corrected chi connectivity index (χ4v) is 0.534. The predicted octanol–water partition coefficient (Wildman–Crippen LogP) is 1.72. The molecule has 1 aromatic carbocycles. The molecule has 0 unspecified atom stereocenters. The molecule has 1 nitrogen and oxygen atoms in total. The van der Waals surface area contributed by atoms with Crippen molar-refractivity contribution >= 4 is 6.79 Å². The first-order chi connectivity index (χ1) is 4.39. The largest absolute Gasteiger partial charge is 0.545 e. The van der Waals surface area contributed by atoms with Gasteiger partial charge in [-0.15, -0.1) is 0 Å². The van der Waals surface area contributed by atoms with E-state index in [-0.39, 0.29) is 16.8 Å². The van der Waals surface area contributed by atoms with Crippen LogP contribution < -0.4 is 0 Å². The molecular formula is C8H9CoO-. The van der Waals surface area contributed by atoms with Crippen molar-refractivity contribution in [2.24, 2.45) is 0 Å². The molecule has 57 valence electrons. The zero-order chi connectivity index (χ0) is 7.11. The van der Waals surface area contributed by atoms with Gasteiger partial charge in [-0.1, -0.05) is 35.9 Å². The molecule has 1 radical (unpaired) electrons. The molecule has 1 rings (SSSR count). The van der Waals surface area contributed by atoms with Gasteiger partial charge in [0.2, 0.25) is 0 Å². The van der Waals surface area contributed by atoms with E-state index in [1.165, 1.54) is 5.56 Å². The Morgan fingerprint density at radius 3 is 1.70 bits per heavy atom. The first kappa shape index (κ1) is 12.1. The number of carbonyl (C=O) groups excluding carboxylic acids is 1. The minimum absolute atomic E-state index is 0. The topological polar surface area (TPSA) is 17.1 Å². The number of aryl methyl sites for hydroxylation is 1. The van der Waals surface area contributed by atoms with Gasteiger partial charge in [0.1, 0.15) is 0 Å². The van der Waals surface area contributed by atoms with E-state index >= 15 is 0 Å². The van der Waals surface area contributed by atoms with E-state index in [2.05, 4.69) is 25.8 Å². The third-order valence-corrected chi connectivity index (χ3v) is 0.940. The third-order valence-electron chi connectivity index (χ3n) is 0.940. The molecule has 0 fully saturated rings. The molecule has 10 heavy (non-hydrogen) atoms. The Bertz CT molecular complexity index is 151. The van der Waals surface area contributed by atoms with Crippen LogP contribution in [0.5, 0.6) is 0 Å². The standard InChI is InChI=1S/C7H8.CHO.Co/c1-7-5-3-2-4-6-7;1-2;/h2-6H,1H3;1H;/q;-1;. The number of rotatable bonds is 0. The van der Waals surface area contributed by atoms with Gasteiger partial charge in [0.25, 0.3) is 0 Å². The van der Waals surface area contributed by atoms with Crippen LogP contribution in [0.4, 0.5) is 0 Å². The normalized spacial score (nSPS) is 6.50. The molecule has 0 aliphatic heterocycles. The van der Waals surface area contributed by atoms with Gasteiger partial charge in [-0.25, -0.2) is 0 Å². The van der Waals surface area contributed by atoms with E-state index in [9.17, 15) is 0 Å². The summed E-state index contributed by atoms with van der Waals surface area (Å²) < 4.78 is 0. The molecule has 0 aromatic heterocycles. The molecule has 1 aromatic rings. The second-order valence-corrected chi connectivity index (χ2v) is 1.65. The molecular weight excluding hydrogens is 171 g/mol. The van der Waals surface area contributed by atoms with E-state index in [0.29, 0.717) is 0 Å². The molecule has 0 N–H and O–H groups in total. The summed E-state index contributed by atoms with van der Waals surface area (Å²) in [6.45, 7) is 5.33. The molecule has 0 heterocycles. The Labute approximate surface area is 71.6 Å².